The first-order valence-corrected chi connectivity index (χ1v) is 9.11. The highest BCUT2D eigenvalue weighted by atomic mass is 31.2. The van der Waals surface area contributed by atoms with Crippen LogP contribution in [0.5, 0.6) is 0 Å². The van der Waals surface area contributed by atoms with Crippen LogP contribution in [-0.4, -0.2) is 19.0 Å². The summed E-state index contributed by atoms with van der Waals surface area (Å²) >= 11 is 0. The van der Waals surface area contributed by atoms with Crippen LogP contribution in [0, 0.1) is 0 Å². The Balaban J connectivity index is 3.45. The summed E-state index contributed by atoms with van der Waals surface area (Å²) in [6.45, 7) is 0. The van der Waals surface area contributed by atoms with Crippen molar-refractivity contribution in [1.82, 2.24) is 19.0 Å². The molecule has 8 nitrogen and oxygen atoms in total. The highest BCUT2D eigenvalue weighted by Crippen LogP contribution is 2.17. The molecule has 90 valence electrons. The lowest BCUT2D eigenvalue weighted by Crippen LogP contribution is -1.93. The van der Waals surface area contributed by atoms with Crippen molar-refractivity contribution in [1.29, 1.82) is 0 Å². The van der Waals surface area contributed by atoms with Gasteiger partial charge >= 0.3 is 16.2 Å². The van der Waals surface area contributed by atoms with Gasteiger partial charge in [-0.25, -0.2) is 0 Å². The van der Waals surface area contributed by atoms with Gasteiger partial charge in [-0.1, -0.05) is 9.26 Å². The van der Waals surface area contributed by atoms with Gasteiger partial charge < -0.3 is 19.6 Å². The van der Waals surface area contributed by atoms with E-state index >= 15 is 0 Å². The molecule has 0 saturated heterocycles. The van der Waals surface area contributed by atoms with Crippen LogP contribution < -0.4 is 19.6 Å². The van der Waals surface area contributed by atoms with Crippen molar-refractivity contribution in [3.8, 4) is 0 Å². The lowest BCUT2D eigenvalue weighted by Gasteiger charge is -1.81. The smallest absolute Gasteiger partial charge is 0.359 e. The van der Waals surface area contributed by atoms with E-state index in [4.69, 9.17) is 0 Å². The van der Waals surface area contributed by atoms with Gasteiger partial charge in [0.1, 0.15) is 15.5 Å². The summed E-state index contributed by atoms with van der Waals surface area (Å²) < 4.78 is 5.53. The van der Waals surface area contributed by atoms with Gasteiger partial charge in [0.05, 0.1) is 14.0 Å². The Labute approximate surface area is 100 Å². The van der Waals surface area contributed by atoms with E-state index in [9.17, 15) is 19.6 Å². The largest absolute Gasteiger partial charge is 0.626 e. The Hall–Kier alpha value is -0.410. The summed E-state index contributed by atoms with van der Waals surface area (Å²) in [5.41, 5.74) is 0. The molecule has 4 unspecified atom stereocenters. The van der Waals surface area contributed by atoms with Crippen LogP contribution in [0.15, 0.2) is 29.7 Å². The number of H-pyrrole nitrogens is 1. The third kappa shape index (κ3) is 6.79. The fourth-order valence-corrected chi connectivity index (χ4v) is 3.88. The Morgan fingerprint density at radius 2 is 1.71 bits per heavy atom. The van der Waals surface area contributed by atoms with E-state index in [0.29, 0.717) is 0 Å². The minimum absolute atomic E-state index is 1.12. The van der Waals surface area contributed by atoms with Gasteiger partial charge in [-0.15, -0.1) is 0 Å². The Bertz CT molecular complexity index is 466. The summed E-state index contributed by atoms with van der Waals surface area (Å²) in [6.07, 6.45) is 1.15. The lowest BCUT2D eigenvalue weighted by atomic mass is 10.8. The van der Waals surface area contributed by atoms with E-state index in [0.717, 1.165) is 12.0 Å². The molecule has 0 spiro atoms. The van der Waals surface area contributed by atoms with Gasteiger partial charge in [-0.3, -0.25) is 0 Å². The predicted molar refractivity (Wildman–Crippen MR) is 59.5 cm³/mol. The van der Waals surface area contributed by atoms with Crippen molar-refractivity contribution < 1.29 is 19.6 Å². The molecule has 1 aromatic heterocycles. The van der Waals surface area contributed by atoms with Gasteiger partial charge in [0.15, 0.2) is 11.6 Å². The molecule has 0 aliphatic rings. The molecule has 12 heteroatoms. The molecule has 17 heavy (non-hydrogen) atoms. The van der Waals surface area contributed by atoms with Crippen LogP contribution in [0.3, 0.4) is 0 Å². The van der Waals surface area contributed by atoms with Crippen LogP contribution in [0.1, 0.15) is 0 Å². The van der Waals surface area contributed by atoms with Crippen LogP contribution in [-0.2, 0) is 0 Å². The molecule has 0 bridgehead atoms. The lowest BCUT2D eigenvalue weighted by molar-refractivity contribution is -0.161. The summed E-state index contributed by atoms with van der Waals surface area (Å²) in [6, 6.07) is 1.32. The zero-order chi connectivity index (χ0) is 12.7. The number of hydrogen-bond acceptors (Lipinski definition) is 7. The van der Waals surface area contributed by atoms with E-state index in [1.165, 1.54) is 17.7 Å². The standard InChI is InChI=1S/C5H6N4O4P4/c10-14-3-1-2-6-16(12)7-8-17(13)9-15(11)5-4-14/h1-5H,(H,8,9). The minimum Gasteiger partial charge on any atom is -0.626 e. The number of aromatic amines is 1. The van der Waals surface area contributed by atoms with Gasteiger partial charge in [0.2, 0.25) is 7.92 Å². The molecule has 0 aliphatic carbocycles. The van der Waals surface area contributed by atoms with Gasteiger partial charge in [0.25, 0.3) is 0 Å². The maximum Gasteiger partial charge on any atom is 0.359 e. The number of nitrogens with one attached hydrogen (secondary N) is 1. The molecule has 0 aliphatic heterocycles. The van der Waals surface area contributed by atoms with Crippen molar-refractivity contribution in [2.24, 2.45) is 0 Å². The molecule has 4 atom stereocenters. The fourth-order valence-electron chi connectivity index (χ4n) is 0.626. The molecule has 0 fully saturated rings. The fraction of sp³-hybridized carbons (Fsp3) is 0. The second kappa shape index (κ2) is 7.83. The molecule has 0 amide bonds. The van der Waals surface area contributed by atoms with Crippen molar-refractivity contribution >= 4 is 31.8 Å². The maximum atomic E-state index is 11.3. The Morgan fingerprint density at radius 3 is 2.47 bits per heavy atom. The topological polar surface area (TPSA) is 147 Å². The first-order chi connectivity index (χ1) is 8.08. The first-order valence-electron chi connectivity index (χ1n) is 4.01. The van der Waals surface area contributed by atoms with Gasteiger partial charge in [-0.2, -0.15) is 0 Å². The molecule has 1 N–H and O–H groups in total. The van der Waals surface area contributed by atoms with Crippen molar-refractivity contribution in [2.45, 2.75) is 0 Å². The molecule has 0 aromatic carbocycles. The molecule has 0 radical (unpaired) electrons. The quantitative estimate of drug-likeness (QED) is 0.647. The summed E-state index contributed by atoms with van der Waals surface area (Å²) in [5.74, 6) is 3.61. The normalized spacial score (nSPS) is 13.4. The number of rotatable bonds is 0. The summed E-state index contributed by atoms with van der Waals surface area (Å²) in [5, 5.41) is 0. The van der Waals surface area contributed by atoms with E-state index in [2.05, 4.69) is 19.0 Å². The molecule has 1 heterocycles. The Morgan fingerprint density at radius 1 is 0.941 bits per heavy atom. The first kappa shape index (κ1) is 14.7. The number of nitrogens with zero attached hydrogens (tertiary/aromatic N) is 3. The molecular weight excluding hydrogens is 304 g/mol. The van der Waals surface area contributed by atoms with Crippen LogP contribution in [0.25, 0.3) is 0 Å². The maximum absolute atomic E-state index is 11.3. The van der Waals surface area contributed by atoms with Crippen LogP contribution >= 0.6 is 31.8 Å². The number of hydrogen-bond donors (Lipinski definition) is 1. The third-order valence-corrected chi connectivity index (χ3v) is 5.22. The molecular formula is C5H6N4O4P4. The van der Waals surface area contributed by atoms with Crippen molar-refractivity contribution in [3.63, 3.8) is 0 Å². The highest BCUT2D eigenvalue weighted by Gasteiger charge is 1.96. The molecule has 1 aromatic rings. The van der Waals surface area contributed by atoms with Gasteiger partial charge in [0, 0.05) is 6.07 Å². The van der Waals surface area contributed by atoms with Crippen molar-refractivity contribution in [2.75, 3.05) is 0 Å². The van der Waals surface area contributed by atoms with E-state index < -0.39 is 31.8 Å². The SMILES string of the molecule is [O-][p+]1cccn[p+]([O-])nn[p+]([O-])[nH][p+]([O-])cc1. The summed E-state index contributed by atoms with van der Waals surface area (Å²) in [7, 11) is -8.75. The zero-order valence-corrected chi connectivity index (χ0v) is 11.7. The van der Waals surface area contributed by atoms with E-state index in [1.807, 2.05) is 0 Å². The van der Waals surface area contributed by atoms with Crippen LogP contribution in [0.2, 0.25) is 0 Å². The van der Waals surface area contributed by atoms with Crippen LogP contribution in [0.4, 0.5) is 0 Å². The molecule has 0 saturated carbocycles. The Kier molecular flexibility index (Phi) is 6.75. The van der Waals surface area contributed by atoms with E-state index in [-0.39, 0.29) is 0 Å². The second-order valence-electron chi connectivity index (χ2n) is 2.39. The minimum atomic E-state index is -2.42. The summed E-state index contributed by atoms with van der Waals surface area (Å²) in [4.78, 5) is 50.9. The van der Waals surface area contributed by atoms with Crippen molar-refractivity contribution in [3.05, 3.63) is 29.7 Å². The highest BCUT2D eigenvalue weighted by molar-refractivity contribution is 7.47. The monoisotopic (exact) mass is 310 g/mol. The van der Waals surface area contributed by atoms with Gasteiger partial charge in [-0.05, 0) is 0 Å². The predicted octanol–water partition coefficient (Wildman–Crippen LogP) is -0.987. The number of aromatic nitrogens is 4. The third-order valence-electron chi connectivity index (χ3n) is 1.22. The van der Waals surface area contributed by atoms with E-state index in [1.54, 1.807) is 0 Å². The molecule has 1 rings (SSSR count). The second-order valence-corrected chi connectivity index (χ2v) is 7.10. The average Bonchev–Trinajstić information content (AvgIpc) is 2.29. The average molecular weight is 310 g/mol. The zero-order valence-electron chi connectivity index (χ0n) is 8.15.